The zero-order chi connectivity index (χ0) is 10.9. The molecule has 1 fully saturated rings. The van der Waals surface area contributed by atoms with E-state index in [0.29, 0.717) is 12.8 Å². The van der Waals surface area contributed by atoms with Gasteiger partial charge in [-0.1, -0.05) is 12.1 Å². The number of benzene rings is 1. The van der Waals surface area contributed by atoms with Crippen molar-refractivity contribution in [2.75, 3.05) is 5.32 Å². The van der Waals surface area contributed by atoms with Gasteiger partial charge in [-0.25, -0.2) is 0 Å². The van der Waals surface area contributed by atoms with Gasteiger partial charge in [0.25, 0.3) is 0 Å². The number of carbonyl (C=O) groups excluding carboxylic acids is 1. The van der Waals surface area contributed by atoms with Gasteiger partial charge in [0.05, 0.1) is 6.07 Å². The Labute approximate surface area is 88.7 Å². The average molecular weight is 200 g/mol. The van der Waals surface area contributed by atoms with Crippen molar-refractivity contribution in [3.05, 3.63) is 29.8 Å². The van der Waals surface area contributed by atoms with Crippen molar-refractivity contribution in [3.63, 3.8) is 0 Å². The van der Waals surface area contributed by atoms with Gasteiger partial charge in [-0.15, -0.1) is 0 Å². The van der Waals surface area contributed by atoms with Crippen LogP contribution >= 0.6 is 0 Å². The van der Waals surface area contributed by atoms with Crippen LogP contribution in [0.2, 0.25) is 0 Å². The maximum Gasteiger partial charge on any atom is 0.244 e. The molecule has 2 rings (SSSR count). The summed E-state index contributed by atoms with van der Waals surface area (Å²) >= 11 is 0. The fraction of sp³-hybridized carbons (Fsp3) is 0.333. The van der Waals surface area contributed by atoms with E-state index < -0.39 is 5.41 Å². The smallest absolute Gasteiger partial charge is 0.244 e. The minimum atomic E-state index is -0.746. The molecule has 0 unspecified atom stereocenters. The number of anilines is 1. The molecule has 1 aromatic rings. The standard InChI is InChI=1S/C12H12N2O/c1-9-3-2-4-10(7-9)14-11(15)12(8-13)5-6-12/h2-4,7H,5-6H2,1H3,(H,14,15). The van der Waals surface area contributed by atoms with E-state index in [4.69, 9.17) is 5.26 Å². The van der Waals surface area contributed by atoms with Gasteiger partial charge in [0, 0.05) is 5.69 Å². The monoisotopic (exact) mass is 200 g/mol. The van der Waals surface area contributed by atoms with Gasteiger partial charge in [-0.3, -0.25) is 4.79 Å². The van der Waals surface area contributed by atoms with Crippen molar-refractivity contribution in [1.29, 1.82) is 5.26 Å². The summed E-state index contributed by atoms with van der Waals surface area (Å²) in [5.74, 6) is -0.171. The molecule has 0 aliphatic heterocycles. The van der Waals surface area contributed by atoms with Crippen LogP contribution in [-0.2, 0) is 4.79 Å². The summed E-state index contributed by atoms with van der Waals surface area (Å²) in [6, 6.07) is 9.65. The first kappa shape index (κ1) is 9.72. The summed E-state index contributed by atoms with van der Waals surface area (Å²) in [4.78, 5) is 11.7. The molecule has 15 heavy (non-hydrogen) atoms. The Morgan fingerprint density at radius 3 is 2.80 bits per heavy atom. The van der Waals surface area contributed by atoms with Crippen molar-refractivity contribution in [2.45, 2.75) is 19.8 Å². The van der Waals surface area contributed by atoms with Crippen LogP contribution in [0, 0.1) is 23.7 Å². The van der Waals surface area contributed by atoms with E-state index >= 15 is 0 Å². The SMILES string of the molecule is Cc1cccc(NC(=O)C2(C#N)CC2)c1. The minimum Gasteiger partial charge on any atom is -0.325 e. The third-order valence-electron chi connectivity index (χ3n) is 2.67. The number of amides is 1. The summed E-state index contributed by atoms with van der Waals surface area (Å²) in [5.41, 5.74) is 1.11. The number of rotatable bonds is 2. The highest BCUT2D eigenvalue weighted by Gasteiger charge is 2.50. The van der Waals surface area contributed by atoms with Gasteiger partial charge in [0.15, 0.2) is 0 Å². The van der Waals surface area contributed by atoms with Crippen LogP contribution in [0.15, 0.2) is 24.3 Å². The number of hydrogen-bond donors (Lipinski definition) is 1. The summed E-state index contributed by atoms with van der Waals surface area (Å²) < 4.78 is 0. The van der Waals surface area contributed by atoms with Crippen LogP contribution in [0.4, 0.5) is 5.69 Å². The fourth-order valence-electron chi connectivity index (χ4n) is 1.49. The number of nitrogens with zero attached hydrogens (tertiary/aromatic N) is 1. The maximum atomic E-state index is 11.7. The molecule has 3 nitrogen and oxygen atoms in total. The predicted molar refractivity (Wildman–Crippen MR) is 57.1 cm³/mol. The summed E-state index contributed by atoms with van der Waals surface area (Å²) in [7, 11) is 0. The zero-order valence-corrected chi connectivity index (χ0v) is 8.58. The molecule has 1 aromatic carbocycles. The Morgan fingerprint density at radius 1 is 1.53 bits per heavy atom. The lowest BCUT2D eigenvalue weighted by Crippen LogP contribution is -2.22. The fourth-order valence-corrected chi connectivity index (χ4v) is 1.49. The second kappa shape index (κ2) is 3.39. The first-order valence-corrected chi connectivity index (χ1v) is 4.96. The lowest BCUT2D eigenvalue weighted by Gasteiger charge is -2.08. The second-order valence-corrected chi connectivity index (χ2v) is 4.02. The molecule has 76 valence electrons. The van der Waals surface area contributed by atoms with Crippen LogP contribution < -0.4 is 5.32 Å². The molecule has 1 aliphatic carbocycles. The molecule has 0 saturated heterocycles. The first-order valence-electron chi connectivity index (χ1n) is 4.96. The number of nitrogens with one attached hydrogen (secondary N) is 1. The maximum absolute atomic E-state index is 11.7. The second-order valence-electron chi connectivity index (χ2n) is 4.02. The quantitative estimate of drug-likeness (QED) is 0.795. The van der Waals surface area contributed by atoms with E-state index in [1.54, 1.807) is 0 Å². The van der Waals surface area contributed by atoms with Gasteiger partial charge in [0.1, 0.15) is 5.41 Å². The lowest BCUT2D eigenvalue weighted by molar-refractivity contribution is -0.119. The molecule has 0 heterocycles. The molecule has 0 spiro atoms. The van der Waals surface area contributed by atoms with Gasteiger partial charge in [-0.05, 0) is 37.5 Å². The number of nitriles is 1. The van der Waals surface area contributed by atoms with E-state index in [9.17, 15) is 4.79 Å². The highest BCUT2D eigenvalue weighted by Crippen LogP contribution is 2.45. The Hall–Kier alpha value is -1.82. The predicted octanol–water partition coefficient (Wildman–Crippen LogP) is 2.24. The van der Waals surface area contributed by atoms with Crippen molar-refractivity contribution in [2.24, 2.45) is 5.41 Å². The number of aryl methyl sites for hydroxylation is 1. The highest BCUT2D eigenvalue weighted by atomic mass is 16.2. The van der Waals surface area contributed by atoms with Crippen LogP contribution in [0.3, 0.4) is 0 Å². The summed E-state index contributed by atoms with van der Waals surface area (Å²) in [6.45, 7) is 1.97. The van der Waals surface area contributed by atoms with E-state index in [0.717, 1.165) is 11.3 Å². The minimum absolute atomic E-state index is 0.171. The van der Waals surface area contributed by atoms with Crippen LogP contribution in [0.1, 0.15) is 18.4 Å². The molecule has 0 atom stereocenters. The summed E-state index contributed by atoms with van der Waals surface area (Å²) in [6.07, 6.45) is 1.36. The molecule has 1 aliphatic rings. The normalized spacial score (nSPS) is 16.5. The third-order valence-corrected chi connectivity index (χ3v) is 2.67. The molecular formula is C12H12N2O. The molecule has 1 N–H and O–H groups in total. The highest BCUT2D eigenvalue weighted by molar-refractivity contribution is 5.99. The molecule has 1 saturated carbocycles. The van der Waals surface area contributed by atoms with Crippen molar-refractivity contribution in [1.82, 2.24) is 0 Å². The van der Waals surface area contributed by atoms with Gasteiger partial charge in [-0.2, -0.15) is 5.26 Å². The number of hydrogen-bond acceptors (Lipinski definition) is 2. The third kappa shape index (κ3) is 1.84. The molecule has 0 aromatic heterocycles. The van der Waals surface area contributed by atoms with E-state index in [1.165, 1.54) is 0 Å². The van der Waals surface area contributed by atoms with Crippen LogP contribution in [0.5, 0.6) is 0 Å². The van der Waals surface area contributed by atoms with Gasteiger partial charge in [0.2, 0.25) is 5.91 Å². The Balaban J connectivity index is 2.10. The Bertz CT molecular complexity index is 441. The van der Waals surface area contributed by atoms with Crippen LogP contribution in [-0.4, -0.2) is 5.91 Å². The zero-order valence-electron chi connectivity index (χ0n) is 8.58. The lowest BCUT2D eigenvalue weighted by atomic mass is 10.1. The number of carbonyl (C=O) groups is 1. The topological polar surface area (TPSA) is 52.9 Å². The molecule has 1 amide bonds. The largest absolute Gasteiger partial charge is 0.325 e. The van der Waals surface area contributed by atoms with Gasteiger partial charge < -0.3 is 5.32 Å². The molecule has 0 bridgehead atoms. The van der Waals surface area contributed by atoms with Crippen molar-refractivity contribution >= 4 is 11.6 Å². The van der Waals surface area contributed by atoms with Crippen molar-refractivity contribution < 1.29 is 4.79 Å². The molecule has 3 heteroatoms. The summed E-state index contributed by atoms with van der Waals surface area (Å²) in [5, 5.41) is 11.6. The van der Waals surface area contributed by atoms with E-state index in [1.807, 2.05) is 31.2 Å². The van der Waals surface area contributed by atoms with E-state index in [-0.39, 0.29) is 5.91 Å². The average Bonchev–Trinajstić information content (AvgIpc) is 2.98. The van der Waals surface area contributed by atoms with Crippen molar-refractivity contribution in [3.8, 4) is 6.07 Å². The molecular weight excluding hydrogens is 188 g/mol. The Morgan fingerprint density at radius 2 is 2.27 bits per heavy atom. The Kier molecular flexibility index (Phi) is 2.20. The van der Waals surface area contributed by atoms with E-state index in [2.05, 4.69) is 11.4 Å². The van der Waals surface area contributed by atoms with Crippen LogP contribution in [0.25, 0.3) is 0 Å². The first-order chi connectivity index (χ1) is 7.16. The van der Waals surface area contributed by atoms with Gasteiger partial charge >= 0.3 is 0 Å². The molecule has 0 radical (unpaired) electrons.